The van der Waals surface area contributed by atoms with Gasteiger partial charge in [0.05, 0.1) is 11.0 Å². The van der Waals surface area contributed by atoms with Crippen molar-refractivity contribution in [3.05, 3.63) is 302 Å². The zero-order valence-electron chi connectivity index (χ0n) is 41.0. The predicted molar refractivity (Wildman–Crippen MR) is 317 cm³/mol. The molecule has 0 bridgehead atoms. The highest BCUT2D eigenvalue weighted by molar-refractivity contribution is 7.21. The highest BCUT2D eigenvalue weighted by atomic mass is 28.3. The van der Waals surface area contributed by atoms with Crippen LogP contribution in [0.1, 0.15) is 22.6 Å². The van der Waals surface area contributed by atoms with Crippen molar-refractivity contribution in [2.75, 3.05) is 0 Å². The molecular weight excluding hydrogens is 941 g/mol. The fourth-order valence-corrected chi connectivity index (χ4v) is 23.5. The molecule has 0 fully saturated rings. The molecule has 352 valence electrons. The maximum absolute atomic E-state index is 5.36. The fourth-order valence-electron chi connectivity index (χ4n) is 13.4. The molecule has 6 heteroatoms. The molecular formula is C69H48N4Si2. The highest BCUT2D eigenvalue weighted by Gasteiger charge is 2.50. The fraction of sp³-hybridized carbons (Fsp3) is 0.0145. The first-order chi connectivity index (χ1) is 37.2. The van der Waals surface area contributed by atoms with E-state index in [0.717, 1.165) is 33.3 Å². The van der Waals surface area contributed by atoms with Crippen molar-refractivity contribution in [2.45, 2.75) is 5.92 Å². The van der Waals surface area contributed by atoms with Crippen molar-refractivity contribution in [1.82, 2.24) is 18.9 Å². The van der Waals surface area contributed by atoms with E-state index in [2.05, 4.69) is 282 Å². The standard InChI is InChI=1S/C69H48N4Si2/c1-6-22-48(23-7-1)65-60-35-17-19-38-63(60)75(52-29-12-4-13-30-52,53-31-14-5-15-32-53)64-42-41-58-59-36-21-43-70-69(59)73(67(58)66(64)65)49-24-20-33-54(46-49)74(50-25-8-2-9-26-50,51-27-10-3-11-28-51)55-39-40-56-57-34-16-18-37-62(57)72-45-44-71-68(72)61(56)47-55/h1-47,65H. The maximum Gasteiger partial charge on any atom is 0.180 e. The van der Waals surface area contributed by atoms with Crippen LogP contribution in [0.15, 0.2) is 286 Å². The lowest BCUT2D eigenvalue weighted by Crippen LogP contribution is -2.77. The molecule has 14 aromatic rings. The second kappa shape index (κ2) is 17.2. The number of benzene rings is 10. The Morgan fingerprint density at radius 3 is 1.71 bits per heavy atom. The molecule has 1 aliphatic heterocycles. The first-order valence-electron chi connectivity index (χ1n) is 25.9. The molecule has 75 heavy (non-hydrogen) atoms. The number of aromatic nitrogens is 4. The summed E-state index contributed by atoms with van der Waals surface area (Å²) >= 11 is 0. The van der Waals surface area contributed by atoms with Crippen LogP contribution in [0.3, 0.4) is 0 Å². The number of pyridine rings is 2. The largest absolute Gasteiger partial charge is 0.299 e. The minimum absolute atomic E-state index is 0.0596. The Labute approximate surface area is 437 Å². The molecule has 10 aromatic carbocycles. The molecule has 1 unspecified atom stereocenters. The average Bonchev–Trinajstić information content (AvgIpc) is 4.14. The van der Waals surface area contributed by atoms with E-state index < -0.39 is 16.1 Å². The number of hydrogen-bond acceptors (Lipinski definition) is 2. The predicted octanol–water partition coefficient (Wildman–Crippen LogP) is 10.4. The van der Waals surface area contributed by atoms with Gasteiger partial charge in [-0.2, -0.15) is 0 Å². The molecule has 4 aromatic heterocycles. The zero-order chi connectivity index (χ0) is 49.5. The Morgan fingerprint density at radius 2 is 0.973 bits per heavy atom. The van der Waals surface area contributed by atoms with Gasteiger partial charge in [0.1, 0.15) is 11.3 Å². The van der Waals surface area contributed by atoms with E-state index in [4.69, 9.17) is 9.97 Å². The van der Waals surface area contributed by atoms with E-state index in [1.165, 1.54) is 79.9 Å². The Balaban J connectivity index is 1.08. The third-order valence-corrected chi connectivity index (χ3v) is 26.0. The minimum Gasteiger partial charge on any atom is -0.299 e. The SMILES string of the molecule is c1ccc(C2c3ccccc3[Si](c3ccccc3)(c3ccccc3)c3ccc4c5cccnc5n(-c5cccc([Si](c6ccccc6)(c6ccccc6)c6ccc7c8ccccc8n8ccnc8c7c6)c5)c4c32)cc1. The van der Waals surface area contributed by atoms with Gasteiger partial charge in [0.25, 0.3) is 0 Å². The second-order valence-corrected chi connectivity index (χ2v) is 27.5. The van der Waals surface area contributed by atoms with Gasteiger partial charge in [-0.3, -0.25) is 8.97 Å². The molecule has 1 aliphatic rings. The van der Waals surface area contributed by atoms with Gasteiger partial charge in [-0.1, -0.05) is 237 Å². The molecule has 0 radical (unpaired) electrons. The summed E-state index contributed by atoms with van der Waals surface area (Å²) < 4.78 is 4.78. The van der Waals surface area contributed by atoms with E-state index in [9.17, 15) is 0 Å². The van der Waals surface area contributed by atoms with Crippen LogP contribution in [0.2, 0.25) is 0 Å². The normalized spacial score (nSPS) is 14.1. The molecule has 0 N–H and O–H groups in total. The summed E-state index contributed by atoms with van der Waals surface area (Å²) in [5.41, 5.74) is 9.33. The molecule has 0 amide bonds. The summed E-state index contributed by atoms with van der Waals surface area (Å²) in [7, 11) is -6.15. The quantitative estimate of drug-likeness (QED) is 0.0864. The van der Waals surface area contributed by atoms with E-state index in [-0.39, 0.29) is 5.92 Å². The molecule has 4 nitrogen and oxygen atoms in total. The monoisotopic (exact) mass is 988 g/mol. The Hall–Kier alpha value is -9.21. The summed E-state index contributed by atoms with van der Waals surface area (Å²) in [6.07, 6.45) is 5.99. The number of fused-ring (bicyclic) bond motifs is 12. The summed E-state index contributed by atoms with van der Waals surface area (Å²) in [5, 5.41) is 16.7. The molecule has 1 atom stereocenters. The smallest absolute Gasteiger partial charge is 0.180 e. The topological polar surface area (TPSA) is 35.1 Å². The van der Waals surface area contributed by atoms with Gasteiger partial charge in [0.15, 0.2) is 16.1 Å². The van der Waals surface area contributed by atoms with Crippen molar-refractivity contribution in [3.63, 3.8) is 0 Å². The van der Waals surface area contributed by atoms with Gasteiger partial charge < -0.3 is 0 Å². The van der Waals surface area contributed by atoms with Crippen molar-refractivity contribution < 1.29 is 0 Å². The molecule has 15 rings (SSSR count). The van der Waals surface area contributed by atoms with Crippen LogP contribution in [-0.2, 0) is 0 Å². The third-order valence-electron chi connectivity index (χ3n) is 16.4. The van der Waals surface area contributed by atoms with E-state index in [1.54, 1.807) is 0 Å². The lowest BCUT2D eigenvalue weighted by atomic mass is 9.83. The van der Waals surface area contributed by atoms with Gasteiger partial charge >= 0.3 is 0 Å². The number of nitrogens with zero attached hydrogens (tertiary/aromatic N) is 4. The molecule has 0 saturated carbocycles. The third kappa shape index (κ3) is 6.27. The van der Waals surface area contributed by atoms with Gasteiger partial charge in [-0.05, 0) is 93.9 Å². The van der Waals surface area contributed by atoms with Crippen molar-refractivity contribution >= 4 is 107 Å². The number of rotatable bonds is 8. The van der Waals surface area contributed by atoms with Gasteiger partial charge in [0, 0.05) is 51.7 Å². The highest BCUT2D eigenvalue weighted by Crippen LogP contribution is 2.43. The summed E-state index contributed by atoms with van der Waals surface area (Å²) in [6.45, 7) is 0. The summed E-state index contributed by atoms with van der Waals surface area (Å²) in [5.74, 6) is -0.0596. The van der Waals surface area contributed by atoms with Crippen LogP contribution in [0.5, 0.6) is 0 Å². The van der Waals surface area contributed by atoms with Crippen LogP contribution in [-0.4, -0.2) is 35.1 Å². The van der Waals surface area contributed by atoms with Crippen molar-refractivity contribution in [3.8, 4) is 5.69 Å². The Kier molecular flexibility index (Phi) is 9.95. The van der Waals surface area contributed by atoms with Crippen molar-refractivity contribution in [2.24, 2.45) is 0 Å². The van der Waals surface area contributed by atoms with Crippen LogP contribution >= 0.6 is 0 Å². The van der Waals surface area contributed by atoms with Crippen molar-refractivity contribution in [1.29, 1.82) is 0 Å². The first kappa shape index (κ1) is 43.4. The van der Waals surface area contributed by atoms with Crippen LogP contribution < -0.4 is 41.5 Å². The average molecular weight is 989 g/mol. The van der Waals surface area contributed by atoms with Gasteiger partial charge in [0.2, 0.25) is 0 Å². The second-order valence-electron chi connectivity index (χ2n) is 20.0. The Bertz CT molecular complexity index is 4400. The minimum atomic E-state index is -3.15. The molecule has 0 saturated heterocycles. The van der Waals surface area contributed by atoms with Crippen LogP contribution in [0.4, 0.5) is 0 Å². The number of imidazole rings is 1. The van der Waals surface area contributed by atoms with Crippen LogP contribution in [0, 0.1) is 0 Å². The lowest BCUT2D eigenvalue weighted by Gasteiger charge is -2.44. The van der Waals surface area contributed by atoms with E-state index in [0.29, 0.717) is 0 Å². The first-order valence-corrected chi connectivity index (χ1v) is 29.9. The maximum atomic E-state index is 5.36. The number of hydrogen-bond donors (Lipinski definition) is 0. The number of para-hydroxylation sites is 1. The molecule has 0 spiro atoms. The zero-order valence-corrected chi connectivity index (χ0v) is 43.0. The van der Waals surface area contributed by atoms with Crippen LogP contribution in [0.25, 0.3) is 54.9 Å². The van der Waals surface area contributed by atoms with E-state index >= 15 is 0 Å². The molecule has 5 heterocycles. The Morgan fingerprint density at radius 1 is 0.387 bits per heavy atom. The lowest BCUT2D eigenvalue weighted by molar-refractivity contribution is 0.981. The van der Waals surface area contributed by atoms with Gasteiger partial charge in [-0.15, -0.1) is 0 Å². The van der Waals surface area contributed by atoms with Gasteiger partial charge in [-0.25, -0.2) is 9.97 Å². The van der Waals surface area contributed by atoms with E-state index in [1.807, 2.05) is 12.4 Å². The summed E-state index contributed by atoms with van der Waals surface area (Å²) in [6, 6.07) is 101. The molecule has 0 aliphatic carbocycles. The summed E-state index contributed by atoms with van der Waals surface area (Å²) in [4.78, 5) is 10.4.